The van der Waals surface area contributed by atoms with Gasteiger partial charge in [-0.15, -0.1) is 22.7 Å². The van der Waals surface area contributed by atoms with Crippen LogP contribution in [-0.4, -0.2) is 34.1 Å². The number of fused-ring (bicyclic) bond motifs is 6. The smallest absolute Gasteiger partial charge is 0.234 e. The van der Waals surface area contributed by atoms with Gasteiger partial charge in [0.15, 0.2) is 0 Å². The van der Waals surface area contributed by atoms with Crippen LogP contribution in [0.25, 0.3) is 97.4 Å². The molecular formula is C43H25N7S2. The first-order valence-electron chi connectivity index (χ1n) is 16.9. The van der Waals surface area contributed by atoms with Gasteiger partial charge in [0.2, 0.25) is 5.95 Å². The van der Waals surface area contributed by atoms with E-state index < -0.39 is 0 Å². The van der Waals surface area contributed by atoms with Gasteiger partial charge in [0.05, 0.1) is 48.1 Å². The predicted molar refractivity (Wildman–Crippen MR) is 214 cm³/mol. The lowest BCUT2D eigenvalue weighted by Crippen LogP contribution is -2.02. The monoisotopic (exact) mass is 703 g/mol. The summed E-state index contributed by atoms with van der Waals surface area (Å²) in [5, 5.41) is 4.20. The molecule has 0 fully saturated rings. The molecule has 11 aromatic rings. The average molecular weight is 704 g/mol. The first kappa shape index (κ1) is 29.2. The maximum atomic E-state index is 5.03. The second-order valence-electron chi connectivity index (χ2n) is 12.6. The Morgan fingerprint density at radius 2 is 0.962 bits per heavy atom. The fraction of sp³-hybridized carbons (Fsp3) is 0. The molecule has 0 aliphatic heterocycles. The molecule has 9 heteroatoms. The Labute approximate surface area is 304 Å². The lowest BCUT2D eigenvalue weighted by molar-refractivity contribution is 0.982. The second kappa shape index (κ2) is 11.5. The number of benzene rings is 6. The Hall–Kier alpha value is -6.55. The van der Waals surface area contributed by atoms with Gasteiger partial charge in [-0.05, 0) is 84.9 Å². The van der Waals surface area contributed by atoms with Crippen molar-refractivity contribution in [3.05, 3.63) is 152 Å². The summed E-state index contributed by atoms with van der Waals surface area (Å²) in [6.07, 6.45) is 3.76. The number of rotatable bonds is 5. The Morgan fingerprint density at radius 3 is 1.56 bits per heavy atom. The van der Waals surface area contributed by atoms with Gasteiger partial charge in [0.25, 0.3) is 0 Å². The van der Waals surface area contributed by atoms with Gasteiger partial charge in [0, 0.05) is 40.0 Å². The molecule has 6 aromatic carbocycles. The highest BCUT2D eigenvalue weighted by atomic mass is 32.1. The molecule has 0 saturated heterocycles. The van der Waals surface area contributed by atoms with Crippen LogP contribution in [0.1, 0.15) is 0 Å². The lowest BCUT2D eigenvalue weighted by atomic mass is 10.1. The van der Waals surface area contributed by atoms with Gasteiger partial charge in [-0.1, -0.05) is 54.6 Å². The maximum absolute atomic E-state index is 5.03. The third-order valence-corrected chi connectivity index (χ3v) is 11.7. The van der Waals surface area contributed by atoms with Crippen LogP contribution in [0, 0.1) is 0 Å². The van der Waals surface area contributed by atoms with E-state index in [0.29, 0.717) is 5.95 Å². The van der Waals surface area contributed by atoms with Gasteiger partial charge in [-0.3, -0.25) is 9.13 Å². The first-order valence-corrected chi connectivity index (χ1v) is 18.5. The molecular weight excluding hydrogens is 679 g/mol. The van der Waals surface area contributed by atoms with E-state index in [9.17, 15) is 0 Å². The SMILES string of the molecule is c1ccc(-n2c(-c3cnc(-n4c5ccc(-c6nc7ccccc7s6)cc5c5cc(-c6nc7ccccc7s6)ccc54)nc3)nc3ccccc32)cc1. The van der Waals surface area contributed by atoms with Crippen molar-refractivity contribution in [3.63, 3.8) is 0 Å². The standard InChI is InChI=1S/C43H25N7S2/c1-2-10-29(11-3-1)49-37-15-7-4-12-32(37)46-40(49)28-24-44-43(45-25-28)50-35-20-18-26(41-47-33-13-5-8-16-38(33)51-41)22-30(35)31-23-27(19-21-36(31)50)42-48-34-14-6-9-17-39(34)52-42/h1-25H. The van der Waals surface area contributed by atoms with Crippen LogP contribution < -0.4 is 0 Å². The molecule has 0 aliphatic rings. The molecule has 7 nitrogen and oxygen atoms in total. The minimum atomic E-state index is 0.589. The zero-order valence-corrected chi connectivity index (χ0v) is 29.0. The van der Waals surface area contributed by atoms with E-state index in [2.05, 4.69) is 100 Å². The summed E-state index contributed by atoms with van der Waals surface area (Å²) in [6.45, 7) is 0. The van der Waals surface area contributed by atoms with Gasteiger partial charge in [-0.2, -0.15) is 0 Å². The molecule has 0 saturated carbocycles. The molecule has 5 aromatic heterocycles. The van der Waals surface area contributed by atoms with Crippen LogP contribution in [0.3, 0.4) is 0 Å². The normalized spacial score (nSPS) is 11.8. The van der Waals surface area contributed by atoms with Crippen molar-refractivity contribution in [3.8, 4) is 44.2 Å². The molecule has 0 bridgehead atoms. The summed E-state index contributed by atoms with van der Waals surface area (Å²) in [4.78, 5) is 25.0. The predicted octanol–water partition coefficient (Wildman–Crippen LogP) is 11.1. The van der Waals surface area contributed by atoms with Crippen LogP contribution >= 0.6 is 22.7 Å². The third-order valence-electron chi connectivity index (χ3n) is 9.52. The summed E-state index contributed by atoms with van der Waals surface area (Å²) in [6, 6.07) is 48.2. The third kappa shape index (κ3) is 4.60. The highest BCUT2D eigenvalue weighted by Gasteiger charge is 2.20. The number of hydrogen-bond donors (Lipinski definition) is 0. The molecule has 244 valence electrons. The van der Waals surface area contributed by atoms with Crippen LogP contribution in [0.5, 0.6) is 0 Å². The number of aromatic nitrogens is 7. The summed E-state index contributed by atoms with van der Waals surface area (Å²) in [7, 11) is 0. The molecule has 5 heterocycles. The molecule has 52 heavy (non-hydrogen) atoms. The van der Waals surface area contributed by atoms with Crippen molar-refractivity contribution < 1.29 is 0 Å². The van der Waals surface area contributed by atoms with Gasteiger partial charge in [0.1, 0.15) is 15.8 Å². The van der Waals surface area contributed by atoms with E-state index in [4.69, 9.17) is 24.9 Å². The average Bonchev–Trinajstić information content (AvgIpc) is 3.99. The van der Waals surface area contributed by atoms with Crippen molar-refractivity contribution in [2.24, 2.45) is 0 Å². The Bertz CT molecular complexity index is 2940. The van der Waals surface area contributed by atoms with Gasteiger partial charge in [-0.25, -0.2) is 24.9 Å². The van der Waals surface area contributed by atoms with Crippen LogP contribution in [0.2, 0.25) is 0 Å². The van der Waals surface area contributed by atoms with Crippen molar-refractivity contribution in [2.75, 3.05) is 0 Å². The number of hydrogen-bond acceptors (Lipinski definition) is 7. The minimum absolute atomic E-state index is 0.589. The number of imidazole rings is 1. The van der Waals surface area contributed by atoms with Gasteiger partial charge < -0.3 is 0 Å². The zero-order chi connectivity index (χ0) is 34.2. The van der Waals surface area contributed by atoms with E-state index in [1.165, 1.54) is 9.40 Å². The first-order chi connectivity index (χ1) is 25.7. The summed E-state index contributed by atoms with van der Waals surface area (Å²) in [5.41, 5.74) is 10.0. The van der Waals surface area contributed by atoms with E-state index in [0.717, 1.165) is 82.1 Å². The van der Waals surface area contributed by atoms with Crippen molar-refractivity contribution >= 4 is 75.9 Å². The summed E-state index contributed by atoms with van der Waals surface area (Å²) < 4.78 is 6.67. The maximum Gasteiger partial charge on any atom is 0.234 e. The van der Waals surface area contributed by atoms with Crippen LogP contribution in [-0.2, 0) is 0 Å². The lowest BCUT2D eigenvalue weighted by Gasteiger charge is -2.10. The fourth-order valence-corrected chi connectivity index (χ4v) is 9.03. The summed E-state index contributed by atoms with van der Waals surface area (Å²) >= 11 is 3.42. The Balaban J connectivity index is 1.09. The van der Waals surface area contributed by atoms with Crippen LogP contribution in [0.15, 0.2) is 152 Å². The topological polar surface area (TPSA) is 74.3 Å². The van der Waals surface area contributed by atoms with Crippen molar-refractivity contribution in [1.82, 2.24) is 34.1 Å². The molecule has 0 N–H and O–H groups in total. The molecule has 0 unspecified atom stereocenters. The van der Waals surface area contributed by atoms with E-state index >= 15 is 0 Å². The zero-order valence-electron chi connectivity index (χ0n) is 27.4. The second-order valence-corrected chi connectivity index (χ2v) is 14.7. The molecule has 11 rings (SSSR count). The van der Waals surface area contributed by atoms with E-state index in [1.807, 2.05) is 60.9 Å². The largest absolute Gasteiger partial charge is 0.292 e. The van der Waals surface area contributed by atoms with Gasteiger partial charge >= 0.3 is 0 Å². The highest BCUT2D eigenvalue weighted by molar-refractivity contribution is 7.22. The molecule has 0 aliphatic carbocycles. The number of nitrogens with zero attached hydrogens (tertiary/aromatic N) is 7. The minimum Gasteiger partial charge on any atom is -0.292 e. The van der Waals surface area contributed by atoms with Crippen molar-refractivity contribution in [1.29, 1.82) is 0 Å². The summed E-state index contributed by atoms with van der Waals surface area (Å²) in [5.74, 6) is 1.38. The molecule has 0 spiro atoms. The van der Waals surface area contributed by atoms with Crippen LogP contribution in [0.4, 0.5) is 0 Å². The number of para-hydroxylation sites is 5. The Morgan fingerprint density at radius 1 is 0.423 bits per heavy atom. The Kier molecular flexibility index (Phi) is 6.46. The fourth-order valence-electron chi connectivity index (χ4n) is 7.11. The molecule has 0 amide bonds. The molecule has 0 radical (unpaired) electrons. The quantitative estimate of drug-likeness (QED) is 0.178. The van der Waals surface area contributed by atoms with E-state index in [-0.39, 0.29) is 0 Å². The number of thiazole rings is 2. The van der Waals surface area contributed by atoms with Crippen molar-refractivity contribution in [2.45, 2.75) is 0 Å². The van der Waals surface area contributed by atoms with E-state index in [1.54, 1.807) is 22.7 Å². The highest BCUT2D eigenvalue weighted by Crippen LogP contribution is 2.39. The molecule has 0 atom stereocenters.